The van der Waals surface area contributed by atoms with Crippen LogP contribution in [0, 0.1) is 10.1 Å². The molecule has 1 aliphatic heterocycles. The van der Waals surface area contributed by atoms with E-state index in [2.05, 4.69) is 10.3 Å². The zero-order valence-electron chi connectivity index (χ0n) is 8.76. The Labute approximate surface area is 92.8 Å². The summed E-state index contributed by atoms with van der Waals surface area (Å²) >= 11 is 0. The molecule has 0 amide bonds. The largest absolute Gasteiger partial charge is 0.377 e. The molecule has 0 spiro atoms. The number of rotatable bonds is 4. The number of aromatic nitrogens is 1. The molecule has 1 aromatic rings. The van der Waals surface area contributed by atoms with Gasteiger partial charge in [0.2, 0.25) is 0 Å². The van der Waals surface area contributed by atoms with Gasteiger partial charge in [-0.1, -0.05) is 0 Å². The molecule has 0 aromatic carbocycles. The number of nitrogens with one attached hydrogen (secondary N) is 1. The molecule has 6 nitrogen and oxygen atoms in total. The maximum absolute atomic E-state index is 10.7. The molecule has 0 saturated carbocycles. The number of nitro groups is 1. The van der Waals surface area contributed by atoms with E-state index in [1.165, 1.54) is 12.4 Å². The molecule has 86 valence electrons. The Morgan fingerprint density at radius 1 is 1.69 bits per heavy atom. The second-order valence-corrected chi connectivity index (χ2v) is 3.67. The van der Waals surface area contributed by atoms with E-state index in [9.17, 15) is 10.1 Å². The quantitative estimate of drug-likeness (QED) is 0.619. The molecule has 0 radical (unpaired) electrons. The second kappa shape index (κ2) is 4.89. The number of ether oxygens (including phenoxy) is 1. The lowest BCUT2D eigenvalue weighted by Crippen LogP contribution is -2.18. The van der Waals surface area contributed by atoms with Crippen LogP contribution < -0.4 is 5.32 Å². The van der Waals surface area contributed by atoms with Crippen LogP contribution in [0.25, 0.3) is 0 Å². The highest BCUT2D eigenvalue weighted by Gasteiger charge is 2.18. The summed E-state index contributed by atoms with van der Waals surface area (Å²) in [6, 6.07) is 1.60. The first-order valence-corrected chi connectivity index (χ1v) is 5.21. The third kappa shape index (κ3) is 2.46. The van der Waals surface area contributed by atoms with E-state index in [0.717, 1.165) is 19.4 Å². The Morgan fingerprint density at radius 2 is 2.56 bits per heavy atom. The Kier molecular flexibility index (Phi) is 3.31. The lowest BCUT2D eigenvalue weighted by atomic mass is 10.2. The third-order valence-electron chi connectivity index (χ3n) is 2.54. The van der Waals surface area contributed by atoms with Gasteiger partial charge in [0.05, 0.1) is 11.0 Å². The van der Waals surface area contributed by atoms with Crippen molar-refractivity contribution in [3.63, 3.8) is 0 Å². The molecule has 1 aromatic heterocycles. The van der Waals surface area contributed by atoms with Crippen molar-refractivity contribution in [1.82, 2.24) is 4.98 Å². The highest BCUT2D eigenvalue weighted by atomic mass is 16.6. The molecular formula is C10H13N3O3. The minimum Gasteiger partial charge on any atom is -0.377 e. The Morgan fingerprint density at radius 3 is 3.25 bits per heavy atom. The van der Waals surface area contributed by atoms with Crippen molar-refractivity contribution < 1.29 is 9.66 Å². The zero-order valence-corrected chi connectivity index (χ0v) is 8.76. The van der Waals surface area contributed by atoms with Gasteiger partial charge in [-0.15, -0.1) is 0 Å². The summed E-state index contributed by atoms with van der Waals surface area (Å²) in [5.41, 5.74) is 0.496. The van der Waals surface area contributed by atoms with Crippen molar-refractivity contribution in [3.05, 3.63) is 28.6 Å². The van der Waals surface area contributed by atoms with Crippen LogP contribution in [-0.4, -0.2) is 29.2 Å². The molecule has 1 atom stereocenters. The molecule has 2 heterocycles. The molecule has 0 bridgehead atoms. The average molecular weight is 223 g/mol. The van der Waals surface area contributed by atoms with E-state index < -0.39 is 4.92 Å². The van der Waals surface area contributed by atoms with Gasteiger partial charge >= 0.3 is 5.69 Å². The average Bonchev–Trinajstić information content (AvgIpc) is 2.79. The number of nitrogens with zero attached hydrogens (tertiary/aromatic N) is 2. The van der Waals surface area contributed by atoms with Crippen molar-refractivity contribution >= 4 is 11.4 Å². The molecule has 1 saturated heterocycles. The maximum Gasteiger partial charge on any atom is 0.310 e. The van der Waals surface area contributed by atoms with Gasteiger partial charge in [0.1, 0.15) is 11.9 Å². The second-order valence-electron chi connectivity index (χ2n) is 3.67. The van der Waals surface area contributed by atoms with Gasteiger partial charge in [-0.05, 0) is 18.9 Å². The lowest BCUT2D eigenvalue weighted by molar-refractivity contribution is -0.384. The van der Waals surface area contributed by atoms with Crippen LogP contribution in [0.1, 0.15) is 12.8 Å². The molecule has 1 fully saturated rings. The van der Waals surface area contributed by atoms with Crippen molar-refractivity contribution in [3.8, 4) is 0 Å². The van der Waals surface area contributed by atoms with E-state index in [4.69, 9.17) is 4.74 Å². The van der Waals surface area contributed by atoms with E-state index in [-0.39, 0.29) is 11.8 Å². The fourth-order valence-corrected chi connectivity index (χ4v) is 1.71. The van der Waals surface area contributed by atoms with E-state index in [0.29, 0.717) is 12.2 Å². The summed E-state index contributed by atoms with van der Waals surface area (Å²) in [7, 11) is 0. The fourth-order valence-electron chi connectivity index (χ4n) is 1.71. The lowest BCUT2D eigenvalue weighted by Gasteiger charge is -2.11. The molecule has 0 aliphatic carbocycles. The van der Waals surface area contributed by atoms with Gasteiger partial charge in [-0.3, -0.25) is 15.1 Å². The zero-order chi connectivity index (χ0) is 11.4. The van der Waals surface area contributed by atoms with Gasteiger partial charge in [0.25, 0.3) is 0 Å². The van der Waals surface area contributed by atoms with Gasteiger partial charge in [-0.2, -0.15) is 0 Å². The Hall–Kier alpha value is -1.69. The van der Waals surface area contributed by atoms with Gasteiger partial charge < -0.3 is 10.1 Å². The third-order valence-corrected chi connectivity index (χ3v) is 2.54. The molecule has 16 heavy (non-hydrogen) atoms. The first kappa shape index (κ1) is 10.8. The van der Waals surface area contributed by atoms with Gasteiger partial charge in [-0.25, -0.2) is 0 Å². The SMILES string of the molecule is O=[N+]([O-])c1cnccc1NC[C@@H]1CCCO1. The number of hydrogen-bond donors (Lipinski definition) is 1. The fraction of sp³-hybridized carbons (Fsp3) is 0.500. The number of pyridine rings is 1. The van der Waals surface area contributed by atoms with Crippen LogP contribution in [0.4, 0.5) is 11.4 Å². The first-order valence-electron chi connectivity index (χ1n) is 5.21. The summed E-state index contributed by atoms with van der Waals surface area (Å²) in [5.74, 6) is 0. The highest BCUT2D eigenvalue weighted by molar-refractivity contribution is 5.59. The standard InChI is InChI=1S/C10H13N3O3/c14-13(15)10-7-11-4-3-9(10)12-6-8-2-1-5-16-8/h3-4,7-8H,1-2,5-6H2,(H,11,12)/t8-/m0/s1. The smallest absolute Gasteiger partial charge is 0.310 e. The molecule has 0 unspecified atom stereocenters. The minimum atomic E-state index is -0.440. The Bertz CT molecular complexity index is 377. The Balaban J connectivity index is 2.00. The summed E-state index contributed by atoms with van der Waals surface area (Å²) in [5, 5.41) is 13.7. The highest BCUT2D eigenvalue weighted by Crippen LogP contribution is 2.22. The van der Waals surface area contributed by atoms with Crippen LogP contribution in [0.2, 0.25) is 0 Å². The maximum atomic E-state index is 10.7. The van der Waals surface area contributed by atoms with E-state index in [1.54, 1.807) is 6.07 Å². The number of hydrogen-bond acceptors (Lipinski definition) is 5. The molecule has 1 aliphatic rings. The van der Waals surface area contributed by atoms with Crippen molar-refractivity contribution in [2.75, 3.05) is 18.5 Å². The molecule has 2 rings (SSSR count). The summed E-state index contributed by atoms with van der Waals surface area (Å²) < 4.78 is 5.43. The van der Waals surface area contributed by atoms with Gasteiger partial charge in [0.15, 0.2) is 0 Å². The number of anilines is 1. The predicted molar refractivity (Wildman–Crippen MR) is 58.4 cm³/mol. The van der Waals surface area contributed by atoms with E-state index in [1.807, 2.05) is 0 Å². The van der Waals surface area contributed by atoms with Crippen LogP contribution >= 0.6 is 0 Å². The summed E-state index contributed by atoms with van der Waals surface area (Å²) in [4.78, 5) is 14.0. The first-order chi connectivity index (χ1) is 7.77. The van der Waals surface area contributed by atoms with Crippen molar-refractivity contribution in [2.24, 2.45) is 0 Å². The normalized spacial score (nSPS) is 19.6. The minimum absolute atomic E-state index is 0.000460. The summed E-state index contributed by atoms with van der Waals surface area (Å²) in [6.07, 6.45) is 5.01. The molecule has 6 heteroatoms. The molecule has 1 N–H and O–H groups in total. The van der Waals surface area contributed by atoms with Crippen molar-refractivity contribution in [2.45, 2.75) is 18.9 Å². The van der Waals surface area contributed by atoms with Crippen LogP contribution in [0.3, 0.4) is 0 Å². The van der Waals surface area contributed by atoms with Crippen LogP contribution in [-0.2, 0) is 4.74 Å². The van der Waals surface area contributed by atoms with Crippen LogP contribution in [0.5, 0.6) is 0 Å². The predicted octanol–water partition coefficient (Wildman–Crippen LogP) is 1.58. The van der Waals surface area contributed by atoms with Gasteiger partial charge in [0, 0.05) is 19.3 Å². The van der Waals surface area contributed by atoms with Crippen molar-refractivity contribution in [1.29, 1.82) is 0 Å². The summed E-state index contributed by atoms with van der Waals surface area (Å²) in [6.45, 7) is 1.38. The van der Waals surface area contributed by atoms with E-state index >= 15 is 0 Å². The topological polar surface area (TPSA) is 77.3 Å². The molecular weight excluding hydrogens is 210 g/mol. The monoisotopic (exact) mass is 223 g/mol. The van der Waals surface area contributed by atoms with Crippen LogP contribution in [0.15, 0.2) is 18.5 Å².